The van der Waals surface area contributed by atoms with E-state index in [0.29, 0.717) is 5.56 Å². The van der Waals surface area contributed by atoms with Crippen LogP contribution in [0.25, 0.3) is 11.0 Å². The molecule has 0 aliphatic rings. The van der Waals surface area contributed by atoms with Crippen LogP contribution in [0.5, 0.6) is 0 Å². The number of nitrogens with one attached hydrogen (secondary N) is 1. The van der Waals surface area contributed by atoms with Crippen LogP contribution in [0.4, 0.5) is 0 Å². The molecular weight excluding hydrogens is 304 g/mol. The summed E-state index contributed by atoms with van der Waals surface area (Å²) in [7, 11) is 3.73. The first-order valence-electron chi connectivity index (χ1n) is 7.94. The van der Waals surface area contributed by atoms with Crippen LogP contribution in [-0.2, 0) is 20.5 Å². The maximum absolute atomic E-state index is 12.7. The van der Waals surface area contributed by atoms with E-state index < -0.39 is 0 Å². The van der Waals surface area contributed by atoms with Crippen LogP contribution in [0.1, 0.15) is 34.2 Å². The zero-order chi connectivity index (χ0) is 17.4. The quantitative estimate of drug-likeness (QED) is 0.791. The summed E-state index contributed by atoms with van der Waals surface area (Å²) in [6.07, 6.45) is 4.42. The number of aromatic nitrogens is 5. The molecule has 0 aromatic carbocycles. The van der Waals surface area contributed by atoms with Crippen molar-refractivity contribution in [3.63, 3.8) is 0 Å². The highest BCUT2D eigenvalue weighted by Crippen LogP contribution is 2.18. The normalized spacial score (nSPS) is 12.5. The number of aryl methyl sites for hydroxylation is 4. The second-order valence-electron chi connectivity index (χ2n) is 6.31. The van der Waals surface area contributed by atoms with Crippen LogP contribution in [0, 0.1) is 13.8 Å². The Morgan fingerprint density at radius 3 is 2.75 bits per heavy atom. The molecule has 3 aromatic heterocycles. The topological polar surface area (TPSA) is 77.6 Å². The van der Waals surface area contributed by atoms with Crippen molar-refractivity contribution in [1.29, 1.82) is 0 Å². The molecule has 126 valence electrons. The van der Waals surface area contributed by atoms with E-state index in [2.05, 4.69) is 20.5 Å². The monoisotopic (exact) mass is 326 g/mol. The van der Waals surface area contributed by atoms with Crippen LogP contribution in [0.3, 0.4) is 0 Å². The third kappa shape index (κ3) is 3.02. The second-order valence-corrected chi connectivity index (χ2v) is 6.31. The molecule has 1 amide bonds. The molecule has 0 saturated carbocycles. The Morgan fingerprint density at radius 1 is 1.33 bits per heavy atom. The molecule has 0 saturated heterocycles. The largest absolute Gasteiger partial charge is 0.349 e. The van der Waals surface area contributed by atoms with E-state index >= 15 is 0 Å². The van der Waals surface area contributed by atoms with Gasteiger partial charge in [-0.05, 0) is 38.8 Å². The first-order chi connectivity index (χ1) is 11.3. The lowest BCUT2D eigenvalue weighted by Crippen LogP contribution is -2.34. The first-order valence-corrected chi connectivity index (χ1v) is 7.94. The van der Waals surface area contributed by atoms with Gasteiger partial charge in [0.1, 0.15) is 0 Å². The zero-order valence-electron chi connectivity index (χ0n) is 14.7. The molecule has 1 N–H and O–H groups in total. The molecule has 7 heteroatoms. The van der Waals surface area contributed by atoms with E-state index in [1.54, 1.807) is 21.6 Å². The molecule has 3 aromatic rings. The van der Waals surface area contributed by atoms with E-state index in [1.807, 2.05) is 41.1 Å². The summed E-state index contributed by atoms with van der Waals surface area (Å²) in [5.74, 6) is -0.104. The highest BCUT2D eigenvalue weighted by Gasteiger charge is 2.17. The minimum atomic E-state index is -0.104. The van der Waals surface area contributed by atoms with Gasteiger partial charge in [0, 0.05) is 32.0 Å². The van der Waals surface area contributed by atoms with Crippen LogP contribution < -0.4 is 5.32 Å². The van der Waals surface area contributed by atoms with Crippen LogP contribution in [0.2, 0.25) is 0 Å². The van der Waals surface area contributed by atoms with Gasteiger partial charge in [0.2, 0.25) is 0 Å². The molecule has 1 unspecified atom stereocenters. The molecule has 0 aliphatic heterocycles. The van der Waals surface area contributed by atoms with Gasteiger partial charge in [-0.15, -0.1) is 0 Å². The lowest BCUT2D eigenvalue weighted by molar-refractivity contribution is 0.0941. The van der Waals surface area contributed by atoms with Gasteiger partial charge in [-0.25, -0.2) is 4.98 Å². The predicted octanol–water partition coefficient (Wildman–Crippen LogP) is 1.68. The highest BCUT2D eigenvalue weighted by atomic mass is 16.1. The summed E-state index contributed by atoms with van der Waals surface area (Å²) >= 11 is 0. The molecule has 0 bridgehead atoms. The number of carbonyl (C=O) groups is 1. The minimum absolute atomic E-state index is 0.000549. The standard InChI is InChI=1S/C17H22N6O/c1-10(6-13-9-22(4)21-12(13)3)20-17(24)14-7-11(2)19-16-15(14)8-18-23(16)5/h7-10H,6H2,1-5H3,(H,20,24). The Hall–Kier alpha value is -2.70. The molecule has 0 fully saturated rings. The molecule has 3 heterocycles. The molecule has 0 spiro atoms. The van der Waals surface area contributed by atoms with Crippen LogP contribution in [-0.4, -0.2) is 36.5 Å². The highest BCUT2D eigenvalue weighted by molar-refractivity contribution is 6.05. The number of rotatable bonds is 4. The fourth-order valence-electron chi connectivity index (χ4n) is 2.96. The van der Waals surface area contributed by atoms with Crippen molar-refractivity contribution in [2.45, 2.75) is 33.2 Å². The van der Waals surface area contributed by atoms with Crippen molar-refractivity contribution in [3.05, 3.63) is 41.0 Å². The van der Waals surface area contributed by atoms with E-state index in [4.69, 9.17) is 0 Å². The van der Waals surface area contributed by atoms with E-state index in [0.717, 1.165) is 34.4 Å². The Balaban J connectivity index is 1.81. The van der Waals surface area contributed by atoms with E-state index in [9.17, 15) is 4.79 Å². The zero-order valence-corrected chi connectivity index (χ0v) is 14.7. The number of carbonyl (C=O) groups excluding carboxylic acids is 1. The van der Waals surface area contributed by atoms with Gasteiger partial charge >= 0.3 is 0 Å². The molecule has 24 heavy (non-hydrogen) atoms. The van der Waals surface area contributed by atoms with Crippen molar-refractivity contribution in [2.75, 3.05) is 0 Å². The summed E-state index contributed by atoms with van der Waals surface area (Å²) in [6, 6.07) is 1.81. The lowest BCUT2D eigenvalue weighted by atomic mass is 10.1. The average Bonchev–Trinajstić information content (AvgIpc) is 3.01. The summed E-state index contributed by atoms with van der Waals surface area (Å²) in [6.45, 7) is 5.86. The molecule has 1 atom stereocenters. The van der Waals surface area contributed by atoms with Gasteiger partial charge < -0.3 is 5.32 Å². The van der Waals surface area contributed by atoms with Crippen LogP contribution >= 0.6 is 0 Å². The minimum Gasteiger partial charge on any atom is -0.349 e. The Kier molecular flexibility index (Phi) is 4.09. The Labute approximate surface area is 140 Å². The van der Waals surface area contributed by atoms with Gasteiger partial charge in [0.15, 0.2) is 5.65 Å². The number of amides is 1. The summed E-state index contributed by atoms with van der Waals surface area (Å²) < 4.78 is 3.48. The molecule has 3 rings (SSSR count). The Bertz CT molecular complexity index is 907. The molecule has 0 radical (unpaired) electrons. The number of hydrogen-bond acceptors (Lipinski definition) is 4. The maximum Gasteiger partial charge on any atom is 0.252 e. The number of nitrogens with zero attached hydrogens (tertiary/aromatic N) is 5. The van der Waals surface area contributed by atoms with E-state index in [-0.39, 0.29) is 11.9 Å². The average molecular weight is 326 g/mol. The van der Waals surface area contributed by atoms with Gasteiger partial charge in [-0.1, -0.05) is 0 Å². The second kappa shape index (κ2) is 6.07. The van der Waals surface area contributed by atoms with Crippen molar-refractivity contribution in [1.82, 2.24) is 29.9 Å². The number of fused-ring (bicyclic) bond motifs is 1. The van der Waals surface area contributed by atoms with Gasteiger partial charge in [0.05, 0.1) is 22.8 Å². The fourth-order valence-corrected chi connectivity index (χ4v) is 2.96. The number of hydrogen-bond donors (Lipinski definition) is 1. The summed E-state index contributed by atoms with van der Waals surface area (Å²) in [5.41, 5.74) is 4.26. The SMILES string of the molecule is Cc1cc(C(=O)NC(C)Cc2cn(C)nc2C)c2cnn(C)c2n1. The third-order valence-corrected chi connectivity index (χ3v) is 4.10. The lowest BCUT2D eigenvalue weighted by Gasteiger charge is -2.14. The fraction of sp³-hybridized carbons (Fsp3) is 0.412. The maximum atomic E-state index is 12.7. The van der Waals surface area contributed by atoms with E-state index in [1.165, 1.54) is 0 Å². The smallest absolute Gasteiger partial charge is 0.252 e. The molecular formula is C17H22N6O. The third-order valence-electron chi connectivity index (χ3n) is 4.10. The number of pyridine rings is 1. The molecule has 7 nitrogen and oxygen atoms in total. The predicted molar refractivity (Wildman–Crippen MR) is 91.8 cm³/mol. The van der Waals surface area contributed by atoms with Crippen LogP contribution in [0.15, 0.2) is 18.5 Å². The van der Waals surface area contributed by atoms with Gasteiger partial charge in [0.25, 0.3) is 5.91 Å². The Morgan fingerprint density at radius 2 is 2.08 bits per heavy atom. The summed E-state index contributed by atoms with van der Waals surface area (Å²) in [5, 5.41) is 12.4. The van der Waals surface area contributed by atoms with Crippen molar-refractivity contribution < 1.29 is 4.79 Å². The van der Waals surface area contributed by atoms with Gasteiger partial charge in [-0.2, -0.15) is 10.2 Å². The van der Waals surface area contributed by atoms with Crippen molar-refractivity contribution >= 4 is 16.9 Å². The molecule has 0 aliphatic carbocycles. The van der Waals surface area contributed by atoms with Crippen molar-refractivity contribution in [3.8, 4) is 0 Å². The summed E-state index contributed by atoms with van der Waals surface area (Å²) in [4.78, 5) is 17.2. The van der Waals surface area contributed by atoms with Crippen molar-refractivity contribution in [2.24, 2.45) is 14.1 Å². The first kappa shape index (κ1) is 16.2. The van der Waals surface area contributed by atoms with Gasteiger partial charge in [-0.3, -0.25) is 14.2 Å².